The predicted octanol–water partition coefficient (Wildman–Crippen LogP) is 12.1. The van der Waals surface area contributed by atoms with Gasteiger partial charge in [0.2, 0.25) is 0 Å². The van der Waals surface area contributed by atoms with Crippen molar-refractivity contribution >= 4 is 75.2 Å². The molecule has 0 radical (unpaired) electrons. The van der Waals surface area contributed by atoms with Crippen LogP contribution in [0, 0.1) is 11.6 Å². The number of ether oxygens (including phenoxy) is 1. The van der Waals surface area contributed by atoms with Crippen LogP contribution < -0.4 is 22.2 Å². The Kier molecular flexibility index (Phi) is 15.7. The van der Waals surface area contributed by atoms with Crippen molar-refractivity contribution in [1.82, 2.24) is 29.7 Å². The number of hydrogen-bond acceptors (Lipinski definition) is 10. The molecule has 0 unspecified atom stereocenters. The Balaban J connectivity index is 0.000000189. The predicted molar refractivity (Wildman–Crippen MR) is 257 cm³/mol. The number of anilines is 3. The van der Waals surface area contributed by atoms with Gasteiger partial charge < -0.3 is 25.8 Å². The lowest BCUT2D eigenvalue weighted by Crippen LogP contribution is -2.27. The van der Waals surface area contributed by atoms with Gasteiger partial charge in [0, 0.05) is 46.7 Å². The number of nitrogens with zero attached hydrogens (tertiary/aromatic N) is 5. The summed E-state index contributed by atoms with van der Waals surface area (Å²) >= 11 is 17.6. The van der Waals surface area contributed by atoms with Crippen LogP contribution in [0.15, 0.2) is 93.8 Å². The number of fused-ring (bicyclic) bond motifs is 2. The van der Waals surface area contributed by atoms with Gasteiger partial charge in [0.05, 0.1) is 56.0 Å². The molecule has 0 bridgehead atoms. The SMILES string of the molecule is C.CC(C)(C)OC(=O)n1ncc2c(Cl)ccnc21.CC(C)c1[nH]c(=O)c(-c2ccc(F)c(Cl)c2)cc1N.CC(C)c1[nH]c(=O)c(-c2ccc(F)c(Cl)c2)cc1Nc1ccnc2c1C=NC2. The number of aliphatic imine (C=N–C) groups is 1. The minimum atomic E-state index is -0.575. The Labute approximate surface area is 389 Å². The Morgan fingerprint density at radius 3 is 1.94 bits per heavy atom. The normalized spacial score (nSPS) is 11.7. The first-order chi connectivity index (χ1) is 30.2. The number of nitrogens with two attached hydrogens (primary N) is 1. The zero-order valence-corrected chi connectivity index (χ0v) is 38.0. The Morgan fingerprint density at radius 2 is 1.37 bits per heavy atom. The van der Waals surface area contributed by atoms with E-state index in [1.54, 1.807) is 57.4 Å². The van der Waals surface area contributed by atoms with Gasteiger partial charge in [-0.3, -0.25) is 19.6 Å². The molecule has 1 aliphatic rings. The van der Waals surface area contributed by atoms with Crippen LogP contribution >= 0.6 is 34.8 Å². The van der Waals surface area contributed by atoms with Crippen LogP contribution in [0.3, 0.4) is 0 Å². The first-order valence-electron chi connectivity index (χ1n) is 19.9. The highest BCUT2D eigenvalue weighted by Gasteiger charge is 2.22. The molecule has 0 amide bonds. The van der Waals surface area contributed by atoms with Gasteiger partial charge in [-0.25, -0.2) is 18.6 Å². The fourth-order valence-electron chi connectivity index (χ4n) is 6.50. The third kappa shape index (κ3) is 11.6. The molecule has 0 spiro atoms. The number of hydrogen-bond donors (Lipinski definition) is 4. The lowest BCUT2D eigenvalue weighted by atomic mass is 10.0. The Bertz CT molecular complexity index is 3030. The summed E-state index contributed by atoms with van der Waals surface area (Å²) in [6.45, 7) is 13.8. The quantitative estimate of drug-likeness (QED) is 0.126. The van der Waals surface area contributed by atoms with E-state index in [0.717, 1.165) is 33.0 Å². The third-order valence-corrected chi connectivity index (χ3v) is 10.5. The van der Waals surface area contributed by atoms with E-state index in [9.17, 15) is 23.2 Å². The molecule has 5 N–H and O–H groups in total. The number of aromatic nitrogens is 6. The van der Waals surface area contributed by atoms with E-state index in [1.165, 1.54) is 42.7 Å². The summed E-state index contributed by atoms with van der Waals surface area (Å²) in [5, 5.41) is 8.42. The number of carbonyl (C=O) groups is 1. The van der Waals surface area contributed by atoms with Crippen LogP contribution in [-0.2, 0) is 11.3 Å². The van der Waals surface area contributed by atoms with Crippen LogP contribution in [0.2, 0.25) is 15.1 Å². The molecule has 340 valence electrons. The Morgan fingerprint density at radius 1 is 0.800 bits per heavy atom. The highest BCUT2D eigenvalue weighted by atomic mass is 35.5. The zero-order chi connectivity index (χ0) is 46.6. The first-order valence-corrected chi connectivity index (χ1v) is 21.0. The van der Waals surface area contributed by atoms with Crippen molar-refractivity contribution in [2.24, 2.45) is 4.99 Å². The molecule has 7 aromatic rings. The molecule has 2 aromatic carbocycles. The molecule has 5 aromatic heterocycles. The summed E-state index contributed by atoms with van der Waals surface area (Å²) in [5.41, 5.74) is 12.6. The molecule has 65 heavy (non-hydrogen) atoms. The maximum atomic E-state index is 13.5. The molecule has 0 saturated carbocycles. The van der Waals surface area contributed by atoms with E-state index in [0.29, 0.717) is 56.2 Å². The van der Waals surface area contributed by atoms with E-state index >= 15 is 0 Å². The van der Waals surface area contributed by atoms with E-state index < -0.39 is 23.3 Å². The van der Waals surface area contributed by atoms with Gasteiger partial charge in [-0.15, -0.1) is 4.68 Å². The summed E-state index contributed by atoms with van der Waals surface area (Å²) in [6, 6.07) is 15.3. The smallest absolute Gasteiger partial charge is 0.437 e. The van der Waals surface area contributed by atoms with Crippen LogP contribution in [0.25, 0.3) is 33.3 Å². The van der Waals surface area contributed by atoms with Crippen LogP contribution in [0.1, 0.15) is 90.4 Å². The number of carbonyl (C=O) groups excluding carboxylic acids is 1. The molecule has 0 atom stereocenters. The van der Waals surface area contributed by atoms with E-state index in [2.05, 4.69) is 35.3 Å². The topological polar surface area (TPSA) is 186 Å². The van der Waals surface area contributed by atoms with E-state index in [-0.39, 0.29) is 40.4 Å². The fourth-order valence-corrected chi connectivity index (χ4v) is 7.05. The molecule has 13 nitrogen and oxygen atoms in total. The van der Waals surface area contributed by atoms with Gasteiger partial charge in [0.25, 0.3) is 11.1 Å². The number of H-pyrrole nitrogens is 2. The molecule has 6 heterocycles. The molecule has 8 rings (SSSR count). The van der Waals surface area contributed by atoms with Gasteiger partial charge in [0.15, 0.2) is 5.65 Å². The molecular formula is C47H48Cl3F2N9O4. The van der Waals surface area contributed by atoms with Gasteiger partial charge in [-0.1, -0.05) is 82.1 Å². The van der Waals surface area contributed by atoms with Crippen molar-refractivity contribution in [1.29, 1.82) is 0 Å². The summed E-state index contributed by atoms with van der Waals surface area (Å²) in [5.74, 6) is -0.831. The molecule has 0 saturated heterocycles. The third-order valence-electron chi connectivity index (χ3n) is 9.58. The maximum absolute atomic E-state index is 13.5. The largest absolute Gasteiger partial charge is 0.442 e. The van der Waals surface area contributed by atoms with Gasteiger partial charge >= 0.3 is 6.09 Å². The second-order valence-corrected chi connectivity index (χ2v) is 17.4. The lowest BCUT2D eigenvalue weighted by molar-refractivity contribution is 0.0521. The lowest BCUT2D eigenvalue weighted by Gasteiger charge is -2.18. The number of nitrogens with one attached hydrogen (secondary N) is 3. The average molecular weight is 947 g/mol. The van der Waals surface area contributed by atoms with Crippen molar-refractivity contribution in [2.75, 3.05) is 11.1 Å². The van der Waals surface area contributed by atoms with E-state index in [1.807, 2.05) is 33.8 Å². The number of rotatable bonds is 6. The van der Waals surface area contributed by atoms with Gasteiger partial charge in [-0.2, -0.15) is 5.10 Å². The summed E-state index contributed by atoms with van der Waals surface area (Å²) < 4.78 is 33.0. The van der Waals surface area contributed by atoms with Crippen LogP contribution in [0.5, 0.6) is 0 Å². The molecule has 18 heteroatoms. The van der Waals surface area contributed by atoms with Gasteiger partial charge in [0.1, 0.15) is 17.2 Å². The second-order valence-electron chi connectivity index (χ2n) is 16.2. The molecule has 1 aliphatic heterocycles. The highest BCUT2D eigenvalue weighted by Crippen LogP contribution is 2.32. The monoisotopic (exact) mass is 945 g/mol. The number of benzene rings is 2. The van der Waals surface area contributed by atoms with E-state index in [4.69, 9.17) is 45.3 Å². The van der Waals surface area contributed by atoms with Crippen molar-refractivity contribution in [3.05, 3.63) is 149 Å². The maximum Gasteiger partial charge on any atom is 0.437 e. The van der Waals surface area contributed by atoms with Crippen molar-refractivity contribution in [3.8, 4) is 22.3 Å². The second kappa shape index (κ2) is 20.6. The number of aromatic amines is 2. The van der Waals surface area contributed by atoms with Crippen LogP contribution in [-0.4, -0.2) is 47.6 Å². The molecular weight excluding hydrogens is 899 g/mol. The fraction of sp³-hybridized carbons (Fsp3) is 0.255. The standard InChI is InChI=1S/C21H18ClFN4O.C14H14ClFN2O.C11H12ClN3O2.CH4/c1-11(2)20-18(26-17-5-6-25-19-10-24-9-14(17)19)8-13(21(28)27-20)12-3-4-16(23)15(22)7-12;1-7(2)13-12(17)6-9(14(19)18-13)8-3-4-11(16)10(15)5-8;1-11(2,3)17-10(16)15-9-7(6-14-15)8(12)4-5-13-9;/h3-9,11H,10H2,1-2H3,(H,25,26)(H,27,28);3-7H,17H2,1-2H3,(H,18,19);4-6H,1-3H3;1H4. The summed E-state index contributed by atoms with van der Waals surface area (Å²) in [6.07, 6.45) is 5.98. The highest BCUT2D eigenvalue weighted by molar-refractivity contribution is 6.35. The number of nitrogen functional groups attached to an aromatic ring is 1. The average Bonchev–Trinajstić information content (AvgIpc) is 3.90. The Hall–Kier alpha value is -6.42. The number of halogens is 5. The minimum absolute atomic E-state index is 0. The summed E-state index contributed by atoms with van der Waals surface area (Å²) in [7, 11) is 0. The molecule has 0 fully saturated rings. The van der Waals surface area contributed by atoms with Crippen molar-refractivity contribution < 1.29 is 18.3 Å². The summed E-state index contributed by atoms with van der Waals surface area (Å²) in [4.78, 5) is 55.0. The first kappa shape index (κ1) is 49.6. The number of pyridine rings is 4. The minimum Gasteiger partial charge on any atom is -0.442 e. The zero-order valence-electron chi connectivity index (χ0n) is 35.8. The van der Waals surface area contributed by atoms with Gasteiger partial charge in [-0.05, 0) is 92.3 Å². The van der Waals surface area contributed by atoms with Crippen LogP contribution in [0.4, 0.5) is 30.6 Å². The molecule has 0 aliphatic carbocycles. The van der Waals surface area contributed by atoms with Crippen molar-refractivity contribution in [3.63, 3.8) is 0 Å². The van der Waals surface area contributed by atoms with Crippen molar-refractivity contribution in [2.45, 2.75) is 79.9 Å².